The molecule has 1 heterocycles. The number of furan rings is 1. The van der Waals surface area contributed by atoms with E-state index in [0.29, 0.717) is 46.8 Å². The third kappa shape index (κ3) is 5.21. The lowest BCUT2D eigenvalue weighted by Gasteiger charge is -2.13. The molecule has 0 spiro atoms. The molecular weight excluding hydrogens is 455 g/mol. The number of aryl methyl sites for hydroxylation is 1. The molecule has 0 fully saturated rings. The van der Waals surface area contributed by atoms with Crippen molar-refractivity contribution in [3.63, 3.8) is 0 Å². The zero-order valence-electron chi connectivity index (χ0n) is 19.1. The number of rotatable bonds is 5. The fourth-order valence-corrected chi connectivity index (χ4v) is 3.79. The van der Waals surface area contributed by atoms with E-state index in [1.165, 1.54) is 19.2 Å². The molecule has 0 aliphatic heterocycles. The average molecular weight is 478 g/mol. The van der Waals surface area contributed by atoms with E-state index in [4.69, 9.17) is 9.15 Å². The molecule has 9 nitrogen and oxygen atoms in total. The van der Waals surface area contributed by atoms with Gasteiger partial charge in [-0.3, -0.25) is 25.2 Å². The summed E-state index contributed by atoms with van der Waals surface area (Å²) in [4.78, 5) is 37.4. The number of ether oxygens (including phenoxy) is 1. The summed E-state index contributed by atoms with van der Waals surface area (Å²) in [6, 6.07) is 11.6. The predicted molar refractivity (Wildman–Crippen MR) is 125 cm³/mol. The first-order valence-corrected chi connectivity index (χ1v) is 10.9. The Morgan fingerprint density at radius 1 is 0.971 bits per heavy atom. The molecule has 180 valence electrons. The van der Waals surface area contributed by atoms with Crippen molar-refractivity contribution in [2.45, 2.75) is 26.2 Å². The first-order chi connectivity index (χ1) is 16.9. The highest BCUT2D eigenvalue weighted by molar-refractivity contribution is 6.07. The van der Waals surface area contributed by atoms with Crippen LogP contribution in [0.1, 0.15) is 61.0 Å². The maximum absolute atomic E-state index is 13.0. The molecule has 10 heteroatoms. The van der Waals surface area contributed by atoms with E-state index in [2.05, 4.69) is 21.4 Å². The topological polar surface area (TPSA) is 122 Å². The van der Waals surface area contributed by atoms with Crippen LogP contribution in [0, 0.1) is 12.7 Å². The summed E-state index contributed by atoms with van der Waals surface area (Å²) in [6.45, 7) is 1.71. The molecule has 0 saturated carbocycles. The van der Waals surface area contributed by atoms with Crippen LogP contribution in [0.5, 0.6) is 5.75 Å². The zero-order valence-corrected chi connectivity index (χ0v) is 19.1. The van der Waals surface area contributed by atoms with E-state index in [-0.39, 0.29) is 11.3 Å². The van der Waals surface area contributed by atoms with Crippen molar-refractivity contribution in [3.8, 4) is 5.75 Å². The van der Waals surface area contributed by atoms with E-state index >= 15 is 0 Å². The lowest BCUT2D eigenvalue weighted by molar-refractivity contribution is 0.0829. The SMILES string of the molecule is COc1cccc(C(=O)N/N=C2\CCCc3oc(C(=O)NNC(=O)c4ccc(F)cc4)c(C)c32)c1. The summed E-state index contributed by atoms with van der Waals surface area (Å²) in [5.74, 6) is -0.952. The van der Waals surface area contributed by atoms with Crippen molar-refractivity contribution in [1.29, 1.82) is 0 Å². The molecule has 3 amide bonds. The number of benzene rings is 2. The van der Waals surface area contributed by atoms with Gasteiger partial charge in [0.1, 0.15) is 17.3 Å². The van der Waals surface area contributed by atoms with Gasteiger partial charge < -0.3 is 9.15 Å². The van der Waals surface area contributed by atoms with Gasteiger partial charge in [0.25, 0.3) is 11.8 Å². The van der Waals surface area contributed by atoms with Crippen LogP contribution >= 0.6 is 0 Å². The van der Waals surface area contributed by atoms with Crippen molar-refractivity contribution in [2.24, 2.45) is 5.10 Å². The van der Waals surface area contributed by atoms with Gasteiger partial charge in [0.2, 0.25) is 0 Å². The van der Waals surface area contributed by atoms with Gasteiger partial charge >= 0.3 is 5.91 Å². The Morgan fingerprint density at radius 2 is 1.71 bits per heavy atom. The van der Waals surface area contributed by atoms with Gasteiger partial charge in [-0.15, -0.1) is 0 Å². The van der Waals surface area contributed by atoms with Crippen LogP contribution in [0.25, 0.3) is 0 Å². The van der Waals surface area contributed by atoms with Gasteiger partial charge in [-0.05, 0) is 62.2 Å². The fourth-order valence-electron chi connectivity index (χ4n) is 3.79. The highest BCUT2D eigenvalue weighted by atomic mass is 19.1. The number of hydrazone groups is 1. The number of nitrogens with one attached hydrogen (secondary N) is 3. The minimum Gasteiger partial charge on any atom is -0.497 e. The van der Waals surface area contributed by atoms with E-state index in [1.54, 1.807) is 31.2 Å². The second kappa shape index (κ2) is 10.2. The van der Waals surface area contributed by atoms with Crippen molar-refractivity contribution >= 4 is 23.4 Å². The molecule has 3 aromatic rings. The Morgan fingerprint density at radius 3 is 2.46 bits per heavy atom. The molecule has 2 aromatic carbocycles. The maximum atomic E-state index is 13.0. The number of nitrogens with zero attached hydrogens (tertiary/aromatic N) is 1. The Kier molecular flexibility index (Phi) is 6.91. The van der Waals surface area contributed by atoms with E-state index < -0.39 is 23.5 Å². The van der Waals surface area contributed by atoms with Gasteiger partial charge in [0, 0.05) is 28.7 Å². The van der Waals surface area contributed by atoms with Crippen LogP contribution in [0.2, 0.25) is 0 Å². The fraction of sp³-hybridized carbons (Fsp3) is 0.200. The molecule has 1 aromatic heterocycles. The largest absolute Gasteiger partial charge is 0.497 e. The number of methoxy groups -OCH3 is 1. The smallest absolute Gasteiger partial charge is 0.305 e. The average Bonchev–Trinajstić information content (AvgIpc) is 3.23. The van der Waals surface area contributed by atoms with Crippen LogP contribution < -0.4 is 21.0 Å². The monoisotopic (exact) mass is 478 g/mol. The van der Waals surface area contributed by atoms with Gasteiger partial charge in [-0.25, -0.2) is 9.82 Å². The second-order valence-corrected chi connectivity index (χ2v) is 7.85. The Labute approximate surface area is 200 Å². The maximum Gasteiger partial charge on any atom is 0.305 e. The molecule has 3 N–H and O–H groups in total. The molecule has 35 heavy (non-hydrogen) atoms. The highest BCUT2D eigenvalue weighted by Crippen LogP contribution is 2.29. The summed E-state index contributed by atoms with van der Waals surface area (Å²) >= 11 is 0. The Bertz CT molecular complexity index is 1310. The van der Waals surface area contributed by atoms with Crippen molar-refractivity contribution < 1.29 is 27.9 Å². The number of carbonyl (C=O) groups excluding carboxylic acids is 3. The van der Waals surface area contributed by atoms with Gasteiger partial charge in [0.15, 0.2) is 5.76 Å². The molecule has 1 aliphatic carbocycles. The molecule has 4 rings (SSSR count). The molecule has 0 unspecified atom stereocenters. The Hall–Kier alpha value is -4.47. The van der Waals surface area contributed by atoms with Gasteiger partial charge in [0.05, 0.1) is 12.8 Å². The number of hydrogen-bond donors (Lipinski definition) is 3. The summed E-state index contributed by atoms with van der Waals surface area (Å²) in [7, 11) is 1.52. The molecule has 0 saturated heterocycles. The van der Waals surface area contributed by atoms with Crippen molar-refractivity contribution in [2.75, 3.05) is 7.11 Å². The molecule has 0 atom stereocenters. The van der Waals surface area contributed by atoms with Crippen LogP contribution in [-0.2, 0) is 6.42 Å². The first kappa shape index (κ1) is 23.7. The highest BCUT2D eigenvalue weighted by Gasteiger charge is 2.28. The Balaban J connectivity index is 1.47. The first-order valence-electron chi connectivity index (χ1n) is 10.9. The third-order valence-corrected chi connectivity index (χ3v) is 5.55. The van der Waals surface area contributed by atoms with E-state index in [0.717, 1.165) is 18.6 Å². The normalized spacial score (nSPS) is 13.6. The van der Waals surface area contributed by atoms with Gasteiger partial charge in [-0.2, -0.15) is 5.10 Å². The number of hydrogen-bond acceptors (Lipinski definition) is 6. The minimum absolute atomic E-state index is 0.0307. The number of hydrazine groups is 1. The molecule has 1 aliphatic rings. The van der Waals surface area contributed by atoms with Crippen LogP contribution in [0.4, 0.5) is 4.39 Å². The van der Waals surface area contributed by atoms with Gasteiger partial charge in [-0.1, -0.05) is 6.07 Å². The second-order valence-electron chi connectivity index (χ2n) is 7.85. The van der Waals surface area contributed by atoms with Crippen molar-refractivity contribution in [3.05, 3.63) is 88.1 Å². The van der Waals surface area contributed by atoms with Crippen molar-refractivity contribution in [1.82, 2.24) is 16.3 Å². The van der Waals surface area contributed by atoms with E-state index in [1.807, 2.05) is 0 Å². The van der Waals surface area contributed by atoms with E-state index in [9.17, 15) is 18.8 Å². The zero-order chi connectivity index (χ0) is 24.9. The minimum atomic E-state index is -0.646. The number of carbonyl (C=O) groups is 3. The summed E-state index contributed by atoms with van der Waals surface area (Å²) < 4.78 is 24.0. The third-order valence-electron chi connectivity index (χ3n) is 5.55. The predicted octanol–water partition coefficient (Wildman–Crippen LogP) is 3.28. The number of amides is 3. The lowest BCUT2D eigenvalue weighted by Crippen LogP contribution is -2.41. The van der Waals surface area contributed by atoms with Crippen LogP contribution in [-0.4, -0.2) is 30.5 Å². The molecule has 0 bridgehead atoms. The summed E-state index contributed by atoms with van der Waals surface area (Å²) in [5.41, 5.74) is 9.53. The summed E-state index contributed by atoms with van der Waals surface area (Å²) in [6.07, 6.45) is 1.93. The number of fused-ring (bicyclic) bond motifs is 1. The quantitative estimate of drug-likeness (QED) is 0.486. The summed E-state index contributed by atoms with van der Waals surface area (Å²) in [5, 5.41) is 4.30. The lowest BCUT2D eigenvalue weighted by atomic mass is 9.93. The standard InChI is InChI=1S/C25H23FN4O5/c1-14-21-19(27-28-24(32)16-5-3-6-18(13-16)34-2)7-4-8-20(21)35-22(14)25(33)30-29-23(31)15-9-11-17(26)12-10-15/h3,5-6,9-13H,4,7-8H2,1-2H3,(H,28,32)(H,29,31)(H,30,33)/b27-19+. The van der Waals surface area contributed by atoms with Crippen LogP contribution in [0.15, 0.2) is 58.0 Å². The molecule has 0 radical (unpaired) electrons. The molecular formula is C25H23FN4O5. The number of halogens is 1. The van der Waals surface area contributed by atoms with Crippen LogP contribution in [0.3, 0.4) is 0 Å².